The molecule has 0 unspecified atom stereocenters. The summed E-state index contributed by atoms with van der Waals surface area (Å²) in [6, 6.07) is 8.40. The number of benzene rings is 1. The number of aromatic nitrogens is 3. The highest BCUT2D eigenvalue weighted by molar-refractivity contribution is 7.99. The number of halogens is 2. The fourth-order valence-corrected chi connectivity index (χ4v) is 3.29. The van der Waals surface area contributed by atoms with Crippen LogP contribution in [0.25, 0.3) is 11.6 Å². The molecule has 0 aliphatic rings. The molecule has 3 rings (SSSR count). The van der Waals surface area contributed by atoms with Crippen molar-refractivity contribution in [3.63, 3.8) is 0 Å². The molecule has 0 bridgehead atoms. The van der Waals surface area contributed by atoms with E-state index in [1.807, 2.05) is 7.05 Å². The zero-order valence-electron chi connectivity index (χ0n) is 12.0. The molecule has 23 heavy (non-hydrogen) atoms. The largest absolute Gasteiger partial charge is 0.461 e. The summed E-state index contributed by atoms with van der Waals surface area (Å²) in [5.41, 5.74) is 0.442. The van der Waals surface area contributed by atoms with Crippen molar-refractivity contribution in [1.29, 1.82) is 0 Å². The zero-order chi connectivity index (χ0) is 16.4. The van der Waals surface area contributed by atoms with Gasteiger partial charge in [0.05, 0.1) is 17.0 Å². The van der Waals surface area contributed by atoms with Crippen molar-refractivity contribution in [2.45, 2.75) is 5.16 Å². The van der Waals surface area contributed by atoms with E-state index in [1.54, 1.807) is 41.2 Å². The Morgan fingerprint density at radius 3 is 2.83 bits per heavy atom. The Labute approximate surface area is 146 Å². The summed E-state index contributed by atoms with van der Waals surface area (Å²) in [4.78, 5) is 12.3. The normalized spacial score (nSPS) is 10.9. The first-order valence-electron chi connectivity index (χ1n) is 6.60. The highest BCUT2D eigenvalue weighted by Gasteiger charge is 2.16. The summed E-state index contributed by atoms with van der Waals surface area (Å²) >= 11 is 13.2. The minimum Gasteiger partial charge on any atom is -0.461 e. The summed E-state index contributed by atoms with van der Waals surface area (Å²) in [5, 5.41) is 9.63. The van der Waals surface area contributed by atoms with Crippen molar-refractivity contribution in [1.82, 2.24) is 14.8 Å². The summed E-state index contributed by atoms with van der Waals surface area (Å²) in [6.07, 6.45) is 1.57. The lowest BCUT2D eigenvalue weighted by Gasteiger charge is -2.04. The Balaban J connectivity index is 1.72. The maximum absolute atomic E-state index is 12.3. The van der Waals surface area contributed by atoms with Gasteiger partial charge in [0.15, 0.2) is 22.5 Å². The number of Topliss-reactive ketones (excluding diaryl/α,β-unsaturated/α-hetero) is 1. The van der Waals surface area contributed by atoms with Gasteiger partial charge in [0, 0.05) is 17.6 Å². The van der Waals surface area contributed by atoms with Gasteiger partial charge >= 0.3 is 0 Å². The van der Waals surface area contributed by atoms with Crippen molar-refractivity contribution < 1.29 is 9.21 Å². The van der Waals surface area contributed by atoms with E-state index in [1.165, 1.54) is 11.8 Å². The van der Waals surface area contributed by atoms with Crippen molar-refractivity contribution in [3.8, 4) is 11.6 Å². The minimum absolute atomic E-state index is 0.0979. The number of thioether (sulfide) groups is 1. The van der Waals surface area contributed by atoms with Gasteiger partial charge in [-0.25, -0.2) is 0 Å². The van der Waals surface area contributed by atoms with Gasteiger partial charge in [0.1, 0.15) is 0 Å². The molecule has 3 aromatic rings. The number of hydrogen-bond acceptors (Lipinski definition) is 5. The lowest BCUT2D eigenvalue weighted by molar-refractivity contribution is 0.102. The molecule has 2 aromatic heterocycles. The second-order valence-corrected chi connectivity index (χ2v) is 6.46. The smallest absolute Gasteiger partial charge is 0.200 e. The van der Waals surface area contributed by atoms with Crippen molar-refractivity contribution in [3.05, 3.63) is 52.2 Å². The number of ketones is 1. The Morgan fingerprint density at radius 2 is 2.13 bits per heavy atom. The predicted octanol–water partition coefficient (Wildman–Crippen LogP) is 4.36. The third kappa shape index (κ3) is 3.44. The number of carbonyl (C=O) groups excluding carboxylic acids is 1. The predicted molar refractivity (Wildman–Crippen MR) is 90.2 cm³/mol. The van der Waals surface area contributed by atoms with E-state index in [4.69, 9.17) is 27.6 Å². The van der Waals surface area contributed by atoms with Crippen LogP contribution in [0.3, 0.4) is 0 Å². The fraction of sp³-hybridized carbons (Fsp3) is 0.133. The van der Waals surface area contributed by atoms with Crippen LogP contribution in [0.15, 0.2) is 46.2 Å². The molecule has 0 amide bonds. The van der Waals surface area contributed by atoms with E-state index in [0.29, 0.717) is 32.3 Å². The van der Waals surface area contributed by atoms with Gasteiger partial charge in [-0.05, 0) is 30.3 Å². The van der Waals surface area contributed by atoms with Crippen LogP contribution in [0.1, 0.15) is 10.4 Å². The van der Waals surface area contributed by atoms with Gasteiger partial charge < -0.3 is 8.98 Å². The standard InChI is InChI=1S/C15H11Cl2N3O2S/c1-20-14(13-3-2-6-22-13)18-19-15(20)23-8-12(21)10-5-4-9(16)7-11(10)17/h2-7H,8H2,1H3. The second-order valence-electron chi connectivity index (χ2n) is 4.68. The third-order valence-corrected chi connectivity index (χ3v) is 4.71. The fourth-order valence-electron chi connectivity index (χ4n) is 1.98. The lowest BCUT2D eigenvalue weighted by Crippen LogP contribution is -2.04. The van der Waals surface area contributed by atoms with Gasteiger partial charge in [0.25, 0.3) is 0 Å². The van der Waals surface area contributed by atoms with Crippen LogP contribution in [-0.2, 0) is 7.05 Å². The van der Waals surface area contributed by atoms with Crippen LogP contribution in [0.5, 0.6) is 0 Å². The molecular weight excluding hydrogens is 357 g/mol. The van der Waals surface area contributed by atoms with E-state index < -0.39 is 0 Å². The van der Waals surface area contributed by atoms with Gasteiger partial charge in [0.2, 0.25) is 0 Å². The molecule has 0 fully saturated rings. The molecule has 5 nitrogen and oxygen atoms in total. The van der Waals surface area contributed by atoms with Gasteiger partial charge in [-0.3, -0.25) is 4.79 Å². The van der Waals surface area contributed by atoms with Crippen LogP contribution in [-0.4, -0.2) is 26.3 Å². The molecule has 0 saturated carbocycles. The van der Waals surface area contributed by atoms with E-state index >= 15 is 0 Å². The Morgan fingerprint density at radius 1 is 1.30 bits per heavy atom. The summed E-state index contributed by atoms with van der Waals surface area (Å²) in [7, 11) is 1.82. The van der Waals surface area contributed by atoms with E-state index in [-0.39, 0.29) is 11.5 Å². The lowest BCUT2D eigenvalue weighted by atomic mass is 10.1. The first kappa shape index (κ1) is 16.1. The highest BCUT2D eigenvalue weighted by Crippen LogP contribution is 2.26. The second kappa shape index (κ2) is 6.78. The average Bonchev–Trinajstić information content (AvgIpc) is 3.14. The van der Waals surface area contributed by atoms with E-state index in [0.717, 1.165) is 0 Å². The quantitative estimate of drug-likeness (QED) is 0.495. The molecular formula is C15H11Cl2N3O2S. The third-order valence-electron chi connectivity index (χ3n) is 3.14. The molecule has 1 aromatic carbocycles. The molecule has 118 valence electrons. The van der Waals surface area contributed by atoms with Crippen LogP contribution in [0.4, 0.5) is 0 Å². The number of hydrogen-bond donors (Lipinski definition) is 0. The van der Waals surface area contributed by atoms with Crippen molar-refractivity contribution in [2.75, 3.05) is 5.75 Å². The Kier molecular flexibility index (Phi) is 4.75. The summed E-state index contributed by atoms with van der Waals surface area (Å²) in [6.45, 7) is 0. The van der Waals surface area contributed by atoms with Crippen molar-refractivity contribution in [2.24, 2.45) is 7.05 Å². The van der Waals surface area contributed by atoms with Crippen LogP contribution in [0, 0.1) is 0 Å². The molecule has 0 spiro atoms. The molecule has 0 saturated heterocycles. The van der Waals surface area contributed by atoms with Crippen LogP contribution >= 0.6 is 35.0 Å². The molecule has 0 aliphatic carbocycles. The van der Waals surface area contributed by atoms with Gasteiger partial charge in [-0.1, -0.05) is 35.0 Å². The minimum atomic E-state index is -0.0979. The Hall–Kier alpha value is -1.76. The molecule has 0 N–H and O–H groups in total. The first-order chi connectivity index (χ1) is 11.1. The SMILES string of the molecule is Cn1c(SCC(=O)c2ccc(Cl)cc2Cl)nnc1-c1ccco1. The van der Waals surface area contributed by atoms with E-state index in [9.17, 15) is 4.79 Å². The molecule has 2 heterocycles. The molecule has 0 radical (unpaired) electrons. The molecule has 0 atom stereocenters. The summed E-state index contributed by atoms with van der Waals surface area (Å²) in [5.74, 6) is 1.33. The highest BCUT2D eigenvalue weighted by atomic mass is 35.5. The number of nitrogens with zero attached hydrogens (tertiary/aromatic N) is 3. The first-order valence-corrected chi connectivity index (χ1v) is 8.34. The maximum atomic E-state index is 12.3. The maximum Gasteiger partial charge on any atom is 0.200 e. The van der Waals surface area contributed by atoms with Crippen molar-refractivity contribution >= 4 is 40.7 Å². The van der Waals surface area contributed by atoms with Gasteiger partial charge in [-0.15, -0.1) is 10.2 Å². The van der Waals surface area contributed by atoms with Gasteiger partial charge in [-0.2, -0.15) is 0 Å². The van der Waals surface area contributed by atoms with Crippen LogP contribution < -0.4 is 0 Å². The molecule has 8 heteroatoms. The number of rotatable bonds is 5. The topological polar surface area (TPSA) is 60.9 Å². The Bertz CT molecular complexity index is 847. The average molecular weight is 368 g/mol. The number of carbonyl (C=O) groups is 1. The van der Waals surface area contributed by atoms with E-state index in [2.05, 4.69) is 10.2 Å². The summed E-state index contributed by atoms with van der Waals surface area (Å²) < 4.78 is 7.08. The van der Waals surface area contributed by atoms with Crippen LogP contribution in [0.2, 0.25) is 10.0 Å². The monoisotopic (exact) mass is 367 g/mol. The molecule has 0 aliphatic heterocycles. The zero-order valence-corrected chi connectivity index (χ0v) is 14.3. The number of furan rings is 1.